The summed E-state index contributed by atoms with van der Waals surface area (Å²) in [5.74, 6) is 0.434. The number of sulfone groups is 1. The Morgan fingerprint density at radius 1 is 1.29 bits per heavy atom. The van der Waals surface area contributed by atoms with Crippen molar-refractivity contribution in [2.24, 2.45) is 0 Å². The summed E-state index contributed by atoms with van der Waals surface area (Å²) < 4.78 is 36.9. The van der Waals surface area contributed by atoms with Crippen molar-refractivity contribution < 1.29 is 12.8 Å². The molecule has 0 N–H and O–H groups in total. The van der Waals surface area contributed by atoms with Crippen LogP contribution in [0.1, 0.15) is 6.42 Å². The van der Waals surface area contributed by atoms with Gasteiger partial charge in [-0.3, -0.25) is 4.90 Å². The molecule has 2 fully saturated rings. The van der Waals surface area contributed by atoms with Crippen LogP contribution in [-0.2, 0) is 9.84 Å². The second-order valence-electron chi connectivity index (χ2n) is 5.54. The minimum atomic E-state index is -2.86. The minimum absolute atomic E-state index is 0.111. The number of halogens is 2. The second-order valence-corrected chi connectivity index (χ2v) is 8.20. The third-order valence-electron chi connectivity index (χ3n) is 4.13. The number of nitrogens with zero attached hydrogens (tertiary/aromatic N) is 3. The smallest absolute Gasteiger partial charge is 0.167 e. The molecule has 2 saturated heterocycles. The lowest BCUT2D eigenvalue weighted by Gasteiger charge is -2.38. The Labute approximate surface area is 128 Å². The van der Waals surface area contributed by atoms with Crippen LogP contribution in [0, 0.1) is 5.82 Å². The molecule has 0 bridgehead atoms. The molecule has 0 spiro atoms. The molecule has 1 atom stereocenters. The summed E-state index contributed by atoms with van der Waals surface area (Å²) in [5, 5.41) is 0.283. The SMILES string of the molecule is O=S1(=O)CC[C@H](N2CCN(c3ncc(Cl)cc3F)CC2)C1. The predicted octanol–water partition coefficient (Wildman–Crippen LogP) is 1.18. The van der Waals surface area contributed by atoms with Crippen LogP contribution in [0.5, 0.6) is 0 Å². The van der Waals surface area contributed by atoms with Crippen LogP contribution in [-0.4, -0.2) is 62.0 Å². The number of aromatic nitrogens is 1. The molecule has 1 aromatic rings. The van der Waals surface area contributed by atoms with Crippen molar-refractivity contribution in [3.63, 3.8) is 0 Å². The van der Waals surface area contributed by atoms with Crippen molar-refractivity contribution in [2.45, 2.75) is 12.5 Å². The van der Waals surface area contributed by atoms with E-state index < -0.39 is 15.7 Å². The van der Waals surface area contributed by atoms with Gasteiger partial charge in [0.05, 0.1) is 16.5 Å². The summed E-state index contributed by atoms with van der Waals surface area (Å²) in [4.78, 5) is 8.12. The fourth-order valence-electron chi connectivity index (χ4n) is 3.00. The van der Waals surface area contributed by atoms with Crippen LogP contribution in [0.25, 0.3) is 0 Å². The van der Waals surface area contributed by atoms with Gasteiger partial charge < -0.3 is 4.90 Å². The maximum atomic E-state index is 13.9. The predicted molar refractivity (Wildman–Crippen MR) is 80.0 cm³/mol. The quantitative estimate of drug-likeness (QED) is 0.813. The summed E-state index contributed by atoms with van der Waals surface area (Å²) in [6.07, 6.45) is 2.14. The molecule has 2 aliphatic rings. The van der Waals surface area contributed by atoms with Crippen LogP contribution in [0.15, 0.2) is 12.3 Å². The first-order chi connectivity index (χ1) is 9.94. The van der Waals surface area contributed by atoms with Crippen LogP contribution >= 0.6 is 11.6 Å². The van der Waals surface area contributed by atoms with Crippen molar-refractivity contribution in [1.82, 2.24) is 9.88 Å². The first-order valence-electron chi connectivity index (χ1n) is 6.95. The van der Waals surface area contributed by atoms with Gasteiger partial charge in [-0.05, 0) is 12.5 Å². The van der Waals surface area contributed by atoms with Gasteiger partial charge in [0, 0.05) is 38.4 Å². The molecule has 3 heterocycles. The Hall–Kier alpha value is -0.920. The molecule has 2 aliphatic heterocycles. The summed E-state index contributed by atoms with van der Waals surface area (Å²) in [7, 11) is -2.86. The fourth-order valence-corrected chi connectivity index (χ4v) is 4.91. The van der Waals surface area contributed by atoms with Crippen molar-refractivity contribution in [2.75, 3.05) is 42.6 Å². The van der Waals surface area contributed by atoms with Gasteiger partial charge >= 0.3 is 0 Å². The van der Waals surface area contributed by atoms with Crippen LogP contribution in [0.2, 0.25) is 5.02 Å². The Balaban J connectivity index is 1.63. The summed E-state index contributed by atoms with van der Waals surface area (Å²) in [6.45, 7) is 2.73. The third-order valence-corrected chi connectivity index (χ3v) is 6.08. The van der Waals surface area contributed by atoms with E-state index in [0.717, 1.165) is 13.1 Å². The standard InChI is InChI=1S/C13H17ClFN3O2S/c14-10-7-12(15)13(16-8-10)18-4-2-17(3-5-18)11-1-6-21(19,20)9-11/h7-8,11H,1-6,9H2/t11-/m0/s1. The number of pyridine rings is 1. The zero-order chi connectivity index (χ0) is 15.0. The summed E-state index contributed by atoms with van der Waals surface area (Å²) in [5.41, 5.74) is 0. The number of hydrogen-bond acceptors (Lipinski definition) is 5. The monoisotopic (exact) mass is 333 g/mol. The van der Waals surface area contributed by atoms with E-state index in [0.29, 0.717) is 25.3 Å². The Morgan fingerprint density at radius 3 is 2.57 bits per heavy atom. The molecule has 3 rings (SSSR count). The van der Waals surface area contributed by atoms with Gasteiger partial charge in [0.25, 0.3) is 0 Å². The molecule has 21 heavy (non-hydrogen) atoms. The van der Waals surface area contributed by atoms with Gasteiger partial charge in [-0.15, -0.1) is 0 Å². The minimum Gasteiger partial charge on any atom is -0.352 e. The van der Waals surface area contributed by atoms with Crippen molar-refractivity contribution in [1.29, 1.82) is 0 Å². The van der Waals surface area contributed by atoms with E-state index in [1.807, 2.05) is 4.90 Å². The normalized spacial score (nSPS) is 26.2. The average molecular weight is 334 g/mol. The lowest BCUT2D eigenvalue weighted by atomic mass is 10.2. The zero-order valence-electron chi connectivity index (χ0n) is 11.5. The molecular formula is C13H17ClFN3O2S. The first kappa shape index (κ1) is 15.0. The molecule has 0 unspecified atom stereocenters. The van der Waals surface area contributed by atoms with Crippen LogP contribution in [0.4, 0.5) is 10.2 Å². The number of piperazine rings is 1. The molecule has 0 aromatic carbocycles. The Bertz CT molecular complexity index is 632. The Morgan fingerprint density at radius 2 is 2.00 bits per heavy atom. The van der Waals surface area contributed by atoms with E-state index in [2.05, 4.69) is 9.88 Å². The van der Waals surface area contributed by atoms with E-state index in [1.165, 1.54) is 12.3 Å². The maximum Gasteiger partial charge on any atom is 0.167 e. The topological polar surface area (TPSA) is 53.5 Å². The molecule has 8 heteroatoms. The molecule has 0 radical (unpaired) electrons. The van der Waals surface area contributed by atoms with Crippen molar-refractivity contribution >= 4 is 27.3 Å². The third kappa shape index (κ3) is 3.30. The molecule has 116 valence electrons. The first-order valence-corrected chi connectivity index (χ1v) is 9.15. The highest BCUT2D eigenvalue weighted by molar-refractivity contribution is 7.91. The van der Waals surface area contributed by atoms with Crippen molar-refractivity contribution in [3.05, 3.63) is 23.1 Å². The lowest BCUT2D eigenvalue weighted by molar-refractivity contribution is 0.200. The molecule has 0 saturated carbocycles. The highest BCUT2D eigenvalue weighted by Crippen LogP contribution is 2.23. The van der Waals surface area contributed by atoms with E-state index in [9.17, 15) is 12.8 Å². The van der Waals surface area contributed by atoms with Crippen LogP contribution < -0.4 is 4.90 Å². The van der Waals surface area contributed by atoms with E-state index in [-0.39, 0.29) is 22.6 Å². The highest BCUT2D eigenvalue weighted by atomic mass is 35.5. The summed E-state index contributed by atoms with van der Waals surface area (Å²) in [6, 6.07) is 1.37. The number of hydrogen-bond donors (Lipinski definition) is 0. The van der Waals surface area contributed by atoms with E-state index in [4.69, 9.17) is 11.6 Å². The van der Waals surface area contributed by atoms with Crippen LogP contribution in [0.3, 0.4) is 0 Å². The maximum absolute atomic E-state index is 13.9. The molecular weight excluding hydrogens is 317 g/mol. The molecule has 0 aliphatic carbocycles. The average Bonchev–Trinajstić information content (AvgIpc) is 2.79. The Kier molecular flexibility index (Phi) is 4.07. The van der Waals surface area contributed by atoms with E-state index >= 15 is 0 Å². The van der Waals surface area contributed by atoms with Gasteiger partial charge in [-0.25, -0.2) is 17.8 Å². The van der Waals surface area contributed by atoms with Gasteiger partial charge in [0.1, 0.15) is 0 Å². The lowest BCUT2D eigenvalue weighted by Crippen LogP contribution is -2.51. The number of rotatable bonds is 2. The molecule has 1 aromatic heterocycles. The van der Waals surface area contributed by atoms with Crippen molar-refractivity contribution in [3.8, 4) is 0 Å². The second kappa shape index (κ2) is 5.70. The zero-order valence-corrected chi connectivity index (χ0v) is 13.1. The van der Waals surface area contributed by atoms with Gasteiger partial charge in [-0.1, -0.05) is 11.6 Å². The highest BCUT2D eigenvalue weighted by Gasteiger charge is 2.34. The van der Waals surface area contributed by atoms with Gasteiger partial charge in [0.15, 0.2) is 21.5 Å². The van der Waals surface area contributed by atoms with Gasteiger partial charge in [0.2, 0.25) is 0 Å². The van der Waals surface area contributed by atoms with E-state index in [1.54, 1.807) is 0 Å². The molecule has 5 nitrogen and oxygen atoms in total. The number of anilines is 1. The largest absolute Gasteiger partial charge is 0.352 e. The molecule has 0 amide bonds. The van der Waals surface area contributed by atoms with Gasteiger partial charge in [-0.2, -0.15) is 0 Å². The fraction of sp³-hybridized carbons (Fsp3) is 0.615. The summed E-state index contributed by atoms with van der Waals surface area (Å²) >= 11 is 5.71.